The Kier molecular flexibility index (Phi) is 3.11. The SMILES string of the molecule is C[C@@H]1CC(=O)NC(SCC#N)=N1. The highest BCUT2D eigenvalue weighted by Crippen LogP contribution is 2.09. The van der Waals surface area contributed by atoms with Crippen LogP contribution in [-0.2, 0) is 4.79 Å². The number of nitrogens with one attached hydrogen (secondary N) is 1. The van der Waals surface area contributed by atoms with E-state index in [4.69, 9.17) is 5.26 Å². The minimum atomic E-state index is -0.0158. The molecule has 0 bridgehead atoms. The van der Waals surface area contributed by atoms with E-state index in [0.29, 0.717) is 17.3 Å². The number of carbonyl (C=O) groups excluding carboxylic acids is 1. The molecule has 12 heavy (non-hydrogen) atoms. The number of rotatable bonds is 1. The summed E-state index contributed by atoms with van der Waals surface area (Å²) in [6, 6.07) is 2.02. The second kappa shape index (κ2) is 4.12. The summed E-state index contributed by atoms with van der Waals surface area (Å²) >= 11 is 1.26. The number of amides is 1. The molecule has 4 nitrogen and oxygen atoms in total. The van der Waals surface area contributed by atoms with Crippen LogP contribution in [0, 0.1) is 11.3 Å². The third-order valence-corrected chi connectivity index (χ3v) is 2.09. The predicted molar refractivity (Wildman–Crippen MR) is 47.7 cm³/mol. The highest BCUT2D eigenvalue weighted by atomic mass is 32.2. The second-order valence-corrected chi connectivity index (χ2v) is 3.45. The molecule has 0 aromatic rings. The van der Waals surface area contributed by atoms with Crippen molar-refractivity contribution >= 4 is 22.8 Å². The number of aliphatic imine (C=N–C) groups is 1. The van der Waals surface area contributed by atoms with E-state index in [2.05, 4.69) is 10.3 Å². The number of nitrogens with zero attached hydrogens (tertiary/aromatic N) is 2. The van der Waals surface area contributed by atoms with E-state index in [9.17, 15) is 4.79 Å². The molecule has 0 fully saturated rings. The Morgan fingerprint density at radius 2 is 2.67 bits per heavy atom. The van der Waals surface area contributed by atoms with Crippen molar-refractivity contribution in [1.82, 2.24) is 5.32 Å². The van der Waals surface area contributed by atoms with Gasteiger partial charge < -0.3 is 5.32 Å². The van der Waals surface area contributed by atoms with E-state index in [0.717, 1.165) is 0 Å². The van der Waals surface area contributed by atoms with Crippen molar-refractivity contribution in [1.29, 1.82) is 5.26 Å². The van der Waals surface area contributed by atoms with Gasteiger partial charge in [0.05, 0.1) is 17.9 Å². The molecular weight excluding hydrogens is 174 g/mol. The summed E-state index contributed by atoms with van der Waals surface area (Å²) in [4.78, 5) is 15.1. The highest BCUT2D eigenvalue weighted by molar-refractivity contribution is 8.14. The first-order valence-corrected chi connectivity index (χ1v) is 4.58. The van der Waals surface area contributed by atoms with Crippen LogP contribution in [0.1, 0.15) is 13.3 Å². The van der Waals surface area contributed by atoms with Crippen molar-refractivity contribution < 1.29 is 4.79 Å². The molecular formula is C7H9N3OS. The van der Waals surface area contributed by atoms with E-state index in [1.165, 1.54) is 11.8 Å². The van der Waals surface area contributed by atoms with Crippen LogP contribution in [0.2, 0.25) is 0 Å². The topological polar surface area (TPSA) is 65.2 Å². The van der Waals surface area contributed by atoms with Gasteiger partial charge in [0.1, 0.15) is 0 Å². The molecule has 5 heteroatoms. The molecule has 0 spiro atoms. The zero-order chi connectivity index (χ0) is 8.97. The van der Waals surface area contributed by atoms with E-state index < -0.39 is 0 Å². The minimum Gasteiger partial charge on any atom is -0.305 e. The Bertz CT molecular complexity index is 256. The molecule has 1 heterocycles. The lowest BCUT2D eigenvalue weighted by atomic mass is 10.2. The molecule has 0 saturated heterocycles. The summed E-state index contributed by atoms with van der Waals surface area (Å²) in [6.45, 7) is 1.88. The molecule has 0 unspecified atom stereocenters. The van der Waals surface area contributed by atoms with Gasteiger partial charge in [0.15, 0.2) is 5.17 Å². The first-order chi connectivity index (χ1) is 5.72. The summed E-state index contributed by atoms with van der Waals surface area (Å²) in [6.07, 6.45) is 0.441. The maximum Gasteiger partial charge on any atom is 0.228 e. The van der Waals surface area contributed by atoms with E-state index in [1.54, 1.807) is 0 Å². The molecule has 0 aromatic heterocycles. The lowest BCUT2D eigenvalue weighted by Crippen LogP contribution is -2.35. The average Bonchev–Trinajstić information content (AvgIpc) is 1.99. The van der Waals surface area contributed by atoms with Crippen molar-refractivity contribution in [3.8, 4) is 6.07 Å². The average molecular weight is 183 g/mol. The summed E-state index contributed by atoms with van der Waals surface area (Å²) in [5.41, 5.74) is 0. The number of hydrogen-bond donors (Lipinski definition) is 1. The maximum absolute atomic E-state index is 11.0. The third-order valence-electron chi connectivity index (χ3n) is 1.34. The van der Waals surface area contributed by atoms with Gasteiger partial charge >= 0.3 is 0 Å². The van der Waals surface area contributed by atoms with Crippen LogP contribution in [0.15, 0.2) is 4.99 Å². The van der Waals surface area contributed by atoms with Crippen LogP contribution < -0.4 is 5.32 Å². The monoisotopic (exact) mass is 183 g/mol. The smallest absolute Gasteiger partial charge is 0.228 e. The summed E-state index contributed by atoms with van der Waals surface area (Å²) in [5, 5.41) is 11.5. The fourth-order valence-corrected chi connectivity index (χ4v) is 1.53. The largest absolute Gasteiger partial charge is 0.305 e. The molecule has 0 aromatic carbocycles. The molecule has 1 rings (SSSR count). The lowest BCUT2D eigenvalue weighted by Gasteiger charge is -2.16. The molecule has 0 saturated carbocycles. The summed E-state index contributed by atoms with van der Waals surface area (Å²) in [5.74, 6) is 0.309. The van der Waals surface area contributed by atoms with Crippen LogP contribution in [0.5, 0.6) is 0 Å². The number of nitriles is 1. The fraction of sp³-hybridized carbons (Fsp3) is 0.571. The predicted octanol–water partition coefficient (Wildman–Crippen LogP) is 0.508. The molecule has 0 radical (unpaired) electrons. The highest BCUT2D eigenvalue weighted by Gasteiger charge is 2.16. The van der Waals surface area contributed by atoms with Crippen molar-refractivity contribution in [3.63, 3.8) is 0 Å². The molecule has 1 amide bonds. The van der Waals surface area contributed by atoms with Gasteiger partial charge in [-0.1, -0.05) is 11.8 Å². The normalized spacial score (nSPS) is 22.5. The Labute approximate surface area is 75.0 Å². The molecule has 1 aliphatic rings. The van der Waals surface area contributed by atoms with Crippen LogP contribution >= 0.6 is 11.8 Å². The van der Waals surface area contributed by atoms with Crippen molar-refractivity contribution in [2.24, 2.45) is 4.99 Å². The Morgan fingerprint density at radius 1 is 1.92 bits per heavy atom. The molecule has 64 valence electrons. The number of amidine groups is 1. The van der Waals surface area contributed by atoms with Crippen molar-refractivity contribution in [2.45, 2.75) is 19.4 Å². The molecule has 0 aliphatic carbocycles. The summed E-state index contributed by atoms with van der Waals surface area (Å²) < 4.78 is 0. The zero-order valence-corrected chi connectivity index (χ0v) is 7.52. The van der Waals surface area contributed by atoms with Gasteiger partial charge in [0.25, 0.3) is 0 Å². The molecule has 1 atom stereocenters. The van der Waals surface area contributed by atoms with Crippen LogP contribution in [0.25, 0.3) is 0 Å². The minimum absolute atomic E-state index is 0.0158. The van der Waals surface area contributed by atoms with Gasteiger partial charge in [-0.05, 0) is 6.92 Å². The maximum atomic E-state index is 11.0. The quantitative estimate of drug-likeness (QED) is 0.644. The Morgan fingerprint density at radius 3 is 3.25 bits per heavy atom. The molecule has 1 N–H and O–H groups in total. The van der Waals surface area contributed by atoms with Gasteiger partial charge in [0.2, 0.25) is 5.91 Å². The standard InChI is InChI=1S/C7H9N3OS/c1-5-4-6(11)10-7(9-5)12-3-2-8/h5H,3-4H2,1H3,(H,9,10,11)/t5-/m1/s1. The van der Waals surface area contributed by atoms with Crippen LogP contribution in [0.3, 0.4) is 0 Å². The van der Waals surface area contributed by atoms with E-state index in [-0.39, 0.29) is 11.9 Å². The first-order valence-electron chi connectivity index (χ1n) is 3.60. The van der Waals surface area contributed by atoms with Crippen molar-refractivity contribution in [2.75, 3.05) is 5.75 Å². The van der Waals surface area contributed by atoms with Gasteiger partial charge in [0, 0.05) is 6.42 Å². The Balaban J connectivity index is 2.53. The van der Waals surface area contributed by atoms with Crippen molar-refractivity contribution in [3.05, 3.63) is 0 Å². The van der Waals surface area contributed by atoms with E-state index >= 15 is 0 Å². The van der Waals surface area contributed by atoms with E-state index in [1.807, 2.05) is 13.0 Å². The number of hydrogen-bond acceptors (Lipinski definition) is 4. The van der Waals surface area contributed by atoms with Gasteiger partial charge in [-0.3, -0.25) is 9.79 Å². The zero-order valence-electron chi connectivity index (χ0n) is 6.70. The Hall–Kier alpha value is -1.02. The lowest BCUT2D eigenvalue weighted by molar-refractivity contribution is -0.120. The third kappa shape index (κ3) is 2.55. The van der Waals surface area contributed by atoms with Crippen LogP contribution in [0.4, 0.5) is 0 Å². The van der Waals surface area contributed by atoms with Gasteiger partial charge in [-0.2, -0.15) is 5.26 Å². The number of thioether (sulfide) groups is 1. The number of carbonyl (C=O) groups is 1. The molecule has 1 aliphatic heterocycles. The second-order valence-electron chi connectivity index (χ2n) is 2.48. The van der Waals surface area contributed by atoms with Crippen LogP contribution in [-0.4, -0.2) is 22.9 Å². The van der Waals surface area contributed by atoms with Gasteiger partial charge in [-0.15, -0.1) is 0 Å². The first kappa shape index (κ1) is 9.07. The van der Waals surface area contributed by atoms with Gasteiger partial charge in [-0.25, -0.2) is 0 Å². The summed E-state index contributed by atoms with van der Waals surface area (Å²) in [7, 11) is 0. The fourth-order valence-electron chi connectivity index (χ4n) is 0.891.